The quantitative estimate of drug-likeness (QED) is 0.156. The lowest BCUT2D eigenvalue weighted by atomic mass is 9.97. The molecule has 0 amide bonds. The molecule has 0 saturated heterocycles. The molecule has 2 nitrogen and oxygen atoms in total. The van der Waals surface area contributed by atoms with Crippen LogP contribution in [0.3, 0.4) is 0 Å². The second-order valence-electron chi connectivity index (χ2n) is 15.8. The van der Waals surface area contributed by atoms with Crippen molar-refractivity contribution in [2.24, 2.45) is 0 Å². The number of para-hydroxylation sites is 1. The highest BCUT2D eigenvalue weighted by Crippen LogP contribution is 2.43. The van der Waals surface area contributed by atoms with Gasteiger partial charge in [0.2, 0.25) is 0 Å². The second-order valence-corrected chi connectivity index (χ2v) is 16.9. The maximum atomic E-state index is 2.41. The average Bonchev–Trinajstić information content (AvgIpc) is 3.87. The highest BCUT2D eigenvalue weighted by Gasteiger charge is 2.18. The minimum Gasteiger partial charge on any atom is -0.310 e. The number of aromatic nitrogens is 1. The van der Waals surface area contributed by atoms with E-state index in [1.807, 2.05) is 11.3 Å². The van der Waals surface area contributed by atoms with Crippen molar-refractivity contribution >= 4 is 81.1 Å². The second kappa shape index (κ2) is 14.5. The summed E-state index contributed by atoms with van der Waals surface area (Å²) in [4.78, 5) is 2.41. The minimum absolute atomic E-state index is 1.11. The summed E-state index contributed by atoms with van der Waals surface area (Å²) >= 11 is 1.86. The van der Waals surface area contributed by atoms with E-state index >= 15 is 0 Å². The molecular weight excluding hydrogens is 757 g/mol. The van der Waals surface area contributed by atoms with Crippen LogP contribution in [0.4, 0.5) is 17.1 Å². The third kappa shape index (κ3) is 6.18. The van der Waals surface area contributed by atoms with Gasteiger partial charge in [0.1, 0.15) is 0 Å². The van der Waals surface area contributed by atoms with E-state index in [-0.39, 0.29) is 0 Å². The molecule has 0 spiro atoms. The van der Waals surface area contributed by atoms with Gasteiger partial charge < -0.3 is 9.47 Å². The summed E-state index contributed by atoms with van der Waals surface area (Å²) in [6.45, 7) is 0. The van der Waals surface area contributed by atoms with Crippen LogP contribution >= 0.6 is 11.3 Å². The zero-order valence-electron chi connectivity index (χ0n) is 33.2. The van der Waals surface area contributed by atoms with Crippen molar-refractivity contribution in [2.45, 2.75) is 0 Å². The van der Waals surface area contributed by atoms with E-state index in [1.54, 1.807) is 0 Å². The van der Waals surface area contributed by atoms with Gasteiger partial charge >= 0.3 is 0 Å². The summed E-state index contributed by atoms with van der Waals surface area (Å²) in [5.74, 6) is 0. The first-order valence-electron chi connectivity index (χ1n) is 20.8. The molecule has 0 radical (unpaired) electrons. The van der Waals surface area contributed by atoms with Gasteiger partial charge in [-0.25, -0.2) is 0 Å². The zero-order chi connectivity index (χ0) is 40.3. The number of fused-ring (bicyclic) bond motifs is 7. The number of hydrogen-bond acceptors (Lipinski definition) is 2. The number of rotatable bonds is 7. The van der Waals surface area contributed by atoms with Crippen LogP contribution in [-0.4, -0.2) is 4.57 Å². The van der Waals surface area contributed by atoms with Crippen molar-refractivity contribution < 1.29 is 0 Å². The fourth-order valence-electron chi connectivity index (χ4n) is 9.18. The van der Waals surface area contributed by atoms with E-state index < -0.39 is 0 Å². The van der Waals surface area contributed by atoms with Crippen molar-refractivity contribution in [3.8, 4) is 39.1 Å². The smallest absolute Gasteiger partial charge is 0.0547 e. The minimum atomic E-state index is 1.11. The van der Waals surface area contributed by atoms with Crippen molar-refractivity contribution in [1.82, 2.24) is 4.57 Å². The number of hydrogen-bond donors (Lipinski definition) is 0. The Bertz CT molecular complexity index is 3600. The van der Waals surface area contributed by atoms with Crippen LogP contribution < -0.4 is 4.90 Å². The molecule has 286 valence electrons. The Hall–Kier alpha value is -7.72. The third-order valence-electron chi connectivity index (χ3n) is 12.2. The van der Waals surface area contributed by atoms with E-state index in [9.17, 15) is 0 Å². The van der Waals surface area contributed by atoms with Crippen LogP contribution in [-0.2, 0) is 0 Å². The Kier molecular flexibility index (Phi) is 8.39. The Morgan fingerprint density at radius 3 is 1.70 bits per heavy atom. The van der Waals surface area contributed by atoms with Crippen molar-refractivity contribution in [3.63, 3.8) is 0 Å². The topological polar surface area (TPSA) is 8.17 Å². The van der Waals surface area contributed by atoms with Crippen molar-refractivity contribution in [2.75, 3.05) is 4.90 Å². The number of anilines is 3. The highest BCUT2D eigenvalue weighted by molar-refractivity contribution is 7.25. The molecule has 2 aromatic heterocycles. The molecule has 0 atom stereocenters. The lowest BCUT2D eigenvalue weighted by molar-refractivity contribution is 1.18. The first-order valence-corrected chi connectivity index (χ1v) is 21.6. The van der Waals surface area contributed by atoms with Gasteiger partial charge in [-0.3, -0.25) is 0 Å². The molecule has 3 heteroatoms. The van der Waals surface area contributed by atoms with Gasteiger partial charge in [0.05, 0.1) is 11.0 Å². The monoisotopic (exact) mass is 794 g/mol. The summed E-state index contributed by atoms with van der Waals surface area (Å²) in [7, 11) is 0. The predicted molar refractivity (Wildman–Crippen MR) is 262 cm³/mol. The first kappa shape index (κ1) is 35.2. The van der Waals surface area contributed by atoms with E-state index in [2.05, 4.69) is 240 Å². The van der Waals surface area contributed by atoms with E-state index in [0.717, 1.165) is 22.7 Å². The SMILES string of the molecule is c1ccc(-c2ccc(-n3c4ccccc4c4ccc(-c5cccc(-c6cccc(N(c7ccc8ccccc8c7)c7ccc8c(c7)sc7ccccc78)c6)c5)cc43)cc2)cc1. The predicted octanol–water partition coefficient (Wildman–Crippen LogP) is 16.8. The fourth-order valence-corrected chi connectivity index (χ4v) is 10.3. The highest BCUT2D eigenvalue weighted by atomic mass is 32.1. The van der Waals surface area contributed by atoms with Crippen LogP contribution in [0, 0.1) is 0 Å². The van der Waals surface area contributed by atoms with Gasteiger partial charge in [0.15, 0.2) is 0 Å². The summed E-state index contributed by atoms with van der Waals surface area (Å²) in [6, 6.07) is 84.3. The van der Waals surface area contributed by atoms with Gasteiger partial charge in [0.25, 0.3) is 0 Å². The molecule has 2 heterocycles. The third-order valence-corrected chi connectivity index (χ3v) is 13.3. The van der Waals surface area contributed by atoms with Crippen LogP contribution in [0.15, 0.2) is 231 Å². The zero-order valence-corrected chi connectivity index (χ0v) is 34.1. The molecule has 12 rings (SSSR count). The molecule has 0 aliphatic carbocycles. The van der Waals surface area contributed by atoms with Gasteiger partial charge in [0, 0.05) is 53.7 Å². The van der Waals surface area contributed by atoms with Gasteiger partial charge in [-0.2, -0.15) is 0 Å². The molecule has 12 aromatic rings. The maximum absolute atomic E-state index is 2.41. The summed E-state index contributed by atoms with van der Waals surface area (Å²) < 4.78 is 5.01. The van der Waals surface area contributed by atoms with Crippen molar-refractivity contribution in [3.05, 3.63) is 231 Å². The van der Waals surface area contributed by atoms with Crippen LogP contribution in [0.2, 0.25) is 0 Å². The van der Waals surface area contributed by atoms with Gasteiger partial charge in [-0.05, 0) is 117 Å². The molecule has 0 saturated carbocycles. The standard InChI is InChI=1S/C58H38N2S/c1-2-12-39(13-3-1)41-24-28-47(29-25-41)60-55-22-8-6-20-51(55)52-32-27-46(37-56(52)60)43-17-10-16-42(34-43)45-18-11-19-48(36-45)59(49-30-26-40-14-4-5-15-44(40)35-49)50-31-33-54-53-21-7-9-23-57(53)61-58(54)38-50/h1-38H. The van der Waals surface area contributed by atoms with Gasteiger partial charge in [-0.1, -0.05) is 158 Å². The average molecular weight is 795 g/mol. The summed E-state index contributed by atoms with van der Waals surface area (Å²) in [5.41, 5.74) is 14.1. The molecule has 0 aliphatic rings. The normalized spacial score (nSPS) is 11.6. The molecule has 0 fully saturated rings. The molecule has 0 N–H and O–H groups in total. The van der Waals surface area contributed by atoms with Crippen LogP contribution in [0.5, 0.6) is 0 Å². The first-order chi connectivity index (χ1) is 30.2. The molecule has 0 unspecified atom stereocenters. The van der Waals surface area contributed by atoms with Crippen LogP contribution in [0.25, 0.3) is 91.8 Å². The molecule has 10 aromatic carbocycles. The number of thiophene rings is 1. The molecular formula is C58H38N2S. The molecule has 61 heavy (non-hydrogen) atoms. The van der Waals surface area contributed by atoms with Gasteiger partial charge in [-0.15, -0.1) is 11.3 Å². The van der Waals surface area contributed by atoms with Crippen LogP contribution in [0.1, 0.15) is 0 Å². The Morgan fingerprint density at radius 1 is 0.295 bits per heavy atom. The molecule has 0 aliphatic heterocycles. The molecule has 0 bridgehead atoms. The maximum Gasteiger partial charge on any atom is 0.0547 e. The lowest BCUT2D eigenvalue weighted by Gasteiger charge is -2.26. The number of benzene rings is 10. The summed E-state index contributed by atoms with van der Waals surface area (Å²) in [6.07, 6.45) is 0. The van der Waals surface area contributed by atoms with E-state index in [4.69, 9.17) is 0 Å². The Morgan fingerprint density at radius 2 is 0.852 bits per heavy atom. The summed E-state index contributed by atoms with van der Waals surface area (Å²) in [5, 5.41) is 7.56. The van der Waals surface area contributed by atoms with E-state index in [1.165, 1.54) is 86.1 Å². The fraction of sp³-hybridized carbons (Fsp3) is 0. The van der Waals surface area contributed by atoms with Crippen molar-refractivity contribution in [1.29, 1.82) is 0 Å². The Labute approximate surface area is 358 Å². The Balaban J connectivity index is 0.950. The lowest BCUT2D eigenvalue weighted by Crippen LogP contribution is -2.10. The largest absolute Gasteiger partial charge is 0.310 e. The van der Waals surface area contributed by atoms with E-state index in [0.29, 0.717) is 0 Å². The number of nitrogens with zero attached hydrogens (tertiary/aromatic N) is 2.